The fraction of sp³-hybridized carbons (Fsp3) is 0.143. The standard InChI is InChI=1S/C14H15N3O2/c1-8-5-10(15)6-9(2)13(8)17-14(19)11-3-4-16-7-12(11)18/h3-7,18H,15H2,1-2H3,(H,17,19). The molecule has 2 aromatic rings. The molecule has 0 aliphatic carbocycles. The van der Waals surface area contributed by atoms with Gasteiger partial charge in [0.25, 0.3) is 5.91 Å². The number of nitrogens with one attached hydrogen (secondary N) is 1. The van der Waals surface area contributed by atoms with E-state index >= 15 is 0 Å². The number of hydrogen-bond donors (Lipinski definition) is 3. The molecule has 0 bridgehead atoms. The second-order valence-corrected chi connectivity index (χ2v) is 4.38. The Balaban J connectivity index is 2.32. The average molecular weight is 257 g/mol. The molecule has 4 N–H and O–H groups in total. The van der Waals surface area contributed by atoms with Gasteiger partial charge < -0.3 is 16.2 Å². The Morgan fingerprint density at radius 3 is 2.53 bits per heavy atom. The lowest BCUT2D eigenvalue weighted by Gasteiger charge is -2.13. The van der Waals surface area contributed by atoms with Crippen LogP contribution in [0.1, 0.15) is 21.5 Å². The number of hydrogen-bond acceptors (Lipinski definition) is 4. The zero-order chi connectivity index (χ0) is 14.0. The first-order valence-electron chi connectivity index (χ1n) is 5.80. The Morgan fingerprint density at radius 1 is 1.32 bits per heavy atom. The largest absolute Gasteiger partial charge is 0.505 e. The Labute approximate surface area is 111 Å². The van der Waals surface area contributed by atoms with Crippen molar-refractivity contribution < 1.29 is 9.90 Å². The lowest BCUT2D eigenvalue weighted by atomic mass is 10.1. The predicted octanol–water partition coefficient (Wildman–Crippen LogP) is 2.24. The molecule has 0 fully saturated rings. The third kappa shape index (κ3) is 2.65. The van der Waals surface area contributed by atoms with Crippen molar-refractivity contribution in [1.82, 2.24) is 4.98 Å². The van der Waals surface area contributed by atoms with Gasteiger partial charge in [0.15, 0.2) is 0 Å². The molecule has 2 rings (SSSR count). The normalized spacial score (nSPS) is 10.2. The van der Waals surface area contributed by atoms with Gasteiger partial charge in [0.1, 0.15) is 5.75 Å². The summed E-state index contributed by atoms with van der Waals surface area (Å²) in [5, 5.41) is 12.4. The fourth-order valence-corrected chi connectivity index (χ4v) is 1.95. The van der Waals surface area contributed by atoms with Crippen LogP contribution < -0.4 is 11.1 Å². The maximum absolute atomic E-state index is 12.1. The number of aromatic nitrogens is 1. The topological polar surface area (TPSA) is 88.2 Å². The number of nitrogen functional groups attached to an aromatic ring is 1. The van der Waals surface area contributed by atoms with Crippen molar-refractivity contribution in [2.75, 3.05) is 11.1 Å². The molecule has 0 aliphatic heterocycles. The van der Waals surface area contributed by atoms with Gasteiger partial charge in [-0.2, -0.15) is 0 Å². The van der Waals surface area contributed by atoms with Crippen molar-refractivity contribution in [1.29, 1.82) is 0 Å². The summed E-state index contributed by atoms with van der Waals surface area (Å²) in [6.45, 7) is 3.73. The monoisotopic (exact) mass is 257 g/mol. The van der Waals surface area contributed by atoms with E-state index in [0.29, 0.717) is 11.4 Å². The number of carbonyl (C=O) groups excluding carboxylic acids is 1. The first-order chi connectivity index (χ1) is 8.99. The number of aromatic hydroxyl groups is 1. The van der Waals surface area contributed by atoms with Crippen molar-refractivity contribution in [3.63, 3.8) is 0 Å². The van der Waals surface area contributed by atoms with Gasteiger partial charge in [0.2, 0.25) is 0 Å². The first-order valence-corrected chi connectivity index (χ1v) is 5.80. The number of benzene rings is 1. The number of nitrogens with two attached hydrogens (primary N) is 1. The lowest BCUT2D eigenvalue weighted by molar-refractivity contribution is 0.102. The number of aryl methyl sites for hydroxylation is 2. The van der Waals surface area contributed by atoms with Crippen LogP contribution in [0.4, 0.5) is 11.4 Å². The molecular weight excluding hydrogens is 242 g/mol. The number of carbonyl (C=O) groups is 1. The predicted molar refractivity (Wildman–Crippen MR) is 74.2 cm³/mol. The van der Waals surface area contributed by atoms with Crippen molar-refractivity contribution in [3.8, 4) is 5.75 Å². The molecule has 0 radical (unpaired) electrons. The minimum atomic E-state index is -0.379. The Morgan fingerprint density at radius 2 is 1.95 bits per heavy atom. The van der Waals surface area contributed by atoms with Gasteiger partial charge in [-0.05, 0) is 43.2 Å². The van der Waals surface area contributed by atoms with Crippen molar-refractivity contribution in [3.05, 3.63) is 47.3 Å². The van der Waals surface area contributed by atoms with E-state index in [-0.39, 0.29) is 17.2 Å². The molecule has 0 saturated carbocycles. The van der Waals surface area contributed by atoms with Crippen LogP contribution in [0.25, 0.3) is 0 Å². The van der Waals surface area contributed by atoms with E-state index in [1.165, 1.54) is 18.5 Å². The summed E-state index contributed by atoms with van der Waals surface area (Å²) in [5.41, 5.74) is 9.02. The maximum Gasteiger partial charge on any atom is 0.259 e. The molecule has 5 nitrogen and oxygen atoms in total. The molecule has 0 saturated heterocycles. The summed E-state index contributed by atoms with van der Waals surface area (Å²) in [6, 6.07) is 5.04. The van der Waals surface area contributed by atoms with E-state index in [1.54, 1.807) is 12.1 Å². The number of rotatable bonds is 2. The molecule has 1 aromatic heterocycles. The quantitative estimate of drug-likeness (QED) is 0.720. The van der Waals surface area contributed by atoms with E-state index < -0.39 is 0 Å². The molecule has 5 heteroatoms. The molecule has 0 spiro atoms. The van der Waals surface area contributed by atoms with Gasteiger partial charge in [-0.15, -0.1) is 0 Å². The van der Waals surface area contributed by atoms with Crippen molar-refractivity contribution in [2.45, 2.75) is 13.8 Å². The van der Waals surface area contributed by atoms with Crippen LogP contribution in [-0.2, 0) is 0 Å². The molecule has 19 heavy (non-hydrogen) atoms. The summed E-state index contributed by atoms with van der Waals surface area (Å²) in [5.74, 6) is -0.526. The third-order valence-electron chi connectivity index (χ3n) is 2.84. The molecule has 98 valence electrons. The van der Waals surface area contributed by atoms with Gasteiger partial charge in [-0.25, -0.2) is 0 Å². The van der Waals surface area contributed by atoms with Crippen LogP contribution in [0.2, 0.25) is 0 Å². The molecule has 1 aromatic carbocycles. The Hall–Kier alpha value is -2.56. The van der Waals surface area contributed by atoms with E-state index in [9.17, 15) is 9.90 Å². The summed E-state index contributed by atoms with van der Waals surface area (Å²) >= 11 is 0. The van der Waals surface area contributed by atoms with Crippen LogP contribution in [0.15, 0.2) is 30.6 Å². The minimum absolute atomic E-state index is 0.147. The highest BCUT2D eigenvalue weighted by molar-refractivity contribution is 6.06. The Kier molecular flexibility index (Phi) is 3.37. The zero-order valence-electron chi connectivity index (χ0n) is 10.8. The van der Waals surface area contributed by atoms with E-state index in [1.807, 2.05) is 13.8 Å². The second kappa shape index (κ2) is 4.97. The average Bonchev–Trinajstić information content (AvgIpc) is 2.34. The van der Waals surface area contributed by atoms with Crippen LogP contribution in [-0.4, -0.2) is 16.0 Å². The van der Waals surface area contributed by atoms with Gasteiger partial charge >= 0.3 is 0 Å². The van der Waals surface area contributed by atoms with Crippen LogP contribution >= 0.6 is 0 Å². The van der Waals surface area contributed by atoms with Crippen molar-refractivity contribution >= 4 is 17.3 Å². The highest BCUT2D eigenvalue weighted by Crippen LogP contribution is 2.25. The molecule has 0 unspecified atom stereocenters. The van der Waals surface area contributed by atoms with Crippen LogP contribution in [0.5, 0.6) is 5.75 Å². The molecule has 0 atom stereocenters. The maximum atomic E-state index is 12.1. The zero-order valence-corrected chi connectivity index (χ0v) is 10.8. The third-order valence-corrected chi connectivity index (χ3v) is 2.84. The van der Waals surface area contributed by atoms with Crippen molar-refractivity contribution in [2.24, 2.45) is 0 Å². The summed E-state index contributed by atoms with van der Waals surface area (Å²) in [4.78, 5) is 15.8. The molecule has 1 heterocycles. The molecule has 1 amide bonds. The van der Waals surface area contributed by atoms with Gasteiger partial charge in [-0.3, -0.25) is 9.78 Å². The van der Waals surface area contributed by atoms with E-state index in [4.69, 9.17) is 5.73 Å². The highest BCUT2D eigenvalue weighted by Gasteiger charge is 2.13. The van der Waals surface area contributed by atoms with E-state index in [0.717, 1.165) is 11.1 Å². The van der Waals surface area contributed by atoms with Gasteiger partial charge in [0.05, 0.1) is 11.8 Å². The summed E-state index contributed by atoms with van der Waals surface area (Å²) in [6.07, 6.45) is 2.69. The second-order valence-electron chi connectivity index (χ2n) is 4.38. The SMILES string of the molecule is Cc1cc(N)cc(C)c1NC(=O)c1ccncc1O. The number of nitrogens with zero attached hydrogens (tertiary/aromatic N) is 1. The molecular formula is C14H15N3O2. The molecule has 0 aliphatic rings. The highest BCUT2D eigenvalue weighted by atomic mass is 16.3. The number of amides is 1. The summed E-state index contributed by atoms with van der Waals surface area (Å²) in [7, 11) is 0. The van der Waals surface area contributed by atoms with Crippen LogP contribution in [0.3, 0.4) is 0 Å². The number of anilines is 2. The lowest BCUT2D eigenvalue weighted by Crippen LogP contribution is -2.14. The van der Waals surface area contributed by atoms with Gasteiger partial charge in [0, 0.05) is 17.6 Å². The first kappa shape index (κ1) is 12.9. The van der Waals surface area contributed by atoms with Gasteiger partial charge in [-0.1, -0.05) is 0 Å². The van der Waals surface area contributed by atoms with E-state index in [2.05, 4.69) is 10.3 Å². The summed E-state index contributed by atoms with van der Waals surface area (Å²) < 4.78 is 0. The fourth-order valence-electron chi connectivity index (χ4n) is 1.95. The minimum Gasteiger partial charge on any atom is -0.505 e. The Bertz CT molecular complexity index is 615. The van der Waals surface area contributed by atoms with Crippen LogP contribution in [0, 0.1) is 13.8 Å². The smallest absolute Gasteiger partial charge is 0.259 e. The number of pyridine rings is 1.